The molecule has 0 unspecified atom stereocenters. The quantitative estimate of drug-likeness (QED) is 0.805. The Hall–Kier alpha value is -2.57. The monoisotopic (exact) mass is 289 g/mol. The zero-order chi connectivity index (χ0) is 15.1. The molecular weight excluding hydrogens is 277 g/mol. The number of benzene rings is 1. The van der Waals surface area contributed by atoms with Crippen molar-refractivity contribution in [3.05, 3.63) is 40.8 Å². The van der Waals surface area contributed by atoms with Crippen molar-refractivity contribution in [2.75, 3.05) is 4.90 Å². The lowest BCUT2D eigenvalue weighted by atomic mass is 10.1. The van der Waals surface area contributed by atoms with Gasteiger partial charge in [0, 0.05) is 6.42 Å². The molecule has 7 heteroatoms. The highest BCUT2D eigenvalue weighted by Crippen LogP contribution is 2.34. The van der Waals surface area contributed by atoms with Crippen LogP contribution in [0.15, 0.2) is 16.7 Å². The molecule has 2 heterocycles. The van der Waals surface area contributed by atoms with Crippen molar-refractivity contribution < 1.29 is 18.5 Å². The van der Waals surface area contributed by atoms with Crippen LogP contribution in [0.4, 0.5) is 10.1 Å². The number of hydrogen-bond acceptors (Lipinski definition) is 5. The minimum Gasteiger partial charge on any atom is -0.337 e. The molecule has 3 rings (SSSR count). The average molecular weight is 289 g/mol. The largest absolute Gasteiger partial charge is 0.337 e. The Balaban J connectivity index is 2.01. The third-order valence-corrected chi connectivity index (χ3v) is 3.34. The maximum atomic E-state index is 13.4. The SMILES string of the molecule is CCc1noc(CN2C(=O)C(=O)c3cc(F)cc(C)c32)n1. The molecule has 0 radical (unpaired) electrons. The summed E-state index contributed by atoms with van der Waals surface area (Å²) in [6.07, 6.45) is 0.608. The van der Waals surface area contributed by atoms with Crippen LogP contribution in [-0.2, 0) is 17.8 Å². The first kappa shape index (κ1) is 13.4. The number of fused-ring (bicyclic) bond motifs is 1. The van der Waals surface area contributed by atoms with Gasteiger partial charge in [-0.15, -0.1) is 0 Å². The number of aromatic nitrogens is 2. The number of anilines is 1. The van der Waals surface area contributed by atoms with Crippen LogP contribution in [0.3, 0.4) is 0 Å². The number of halogens is 1. The first-order chi connectivity index (χ1) is 10.0. The van der Waals surface area contributed by atoms with E-state index in [0.717, 1.165) is 6.07 Å². The zero-order valence-corrected chi connectivity index (χ0v) is 11.5. The number of rotatable bonds is 3. The Morgan fingerprint density at radius 3 is 2.76 bits per heavy atom. The summed E-state index contributed by atoms with van der Waals surface area (Å²) in [5.41, 5.74) is 0.995. The van der Waals surface area contributed by atoms with E-state index in [-0.39, 0.29) is 18.0 Å². The van der Waals surface area contributed by atoms with E-state index in [0.29, 0.717) is 23.5 Å². The van der Waals surface area contributed by atoms with E-state index in [9.17, 15) is 14.0 Å². The summed E-state index contributed by atoms with van der Waals surface area (Å²) in [7, 11) is 0. The molecule has 0 atom stereocenters. The third-order valence-electron chi connectivity index (χ3n) is 3.34. The molecule has 0 spiro atoms. The summed E-state index contributed by atoms with van der Waals surface area (Å²) in [5, 5.41) is 3.74. The number of amides is 1. The molecule has 0 saturated carbocycles. The van der Waals surface area contributed by atoms with Gasteiger partial charge < -0.3 is 4.52 Å². The molecule has 2 aromatic rings. The fourth-order valence-electron chi connectivity index (χ4n) is 2.39. The Bertz CT molecular complexity index is 754. The molecule has 6 nitrogen and oxygen atoms in total. The number of nitrogens with zero attached hydrogens (tertiary/aromatic N) is 3. The summed E-state index contributed by atoms with van der Waals surface area (Å²) >= 11 is 0. The predicted molar refractivity (Wildman–Crippen MR) is 70.3 cm³/mol. The fraction of sp³-hybridized carbons (Fsp3) is 0.286. The van der Waals surface area contributed by atoms with Gasteiger partial charge in [-0.3, -0.25) is 14.5 Å². The molecule has 1 aliphatic heterocycles. The van der Waals surface area contributed by atoms with Crippen LogP contribution in [-0.4, -0.2) is 21.8 Å². The first-order valence-corrected chi connectivity index (χ1v) is 6.49. The Morgan fingerprint density at radius 2 is 2.10 bits per heavy atom. The molecular formula is C14H12FN3O3. The molecule has 0 N–H and O–H groups in total. The van der Waals surface area contributed by atoms with Crippen LogP contribution >= 0.6 is 0 Å². The van der Waals surface area contributed by atoms with Crippen LogP contribution in [0.5, 0.6) is 0 Å². The lowest BCUT2D eigenvalue weighted by Gasteiger charge is -2.16. The zero-order valence-electron chi connectivity index (χ0n) is 11.5. The lowest BCUT2D eigenvalue weighted by molar-refractivity contribution is -0.114. The fourth-order valence-corrected chi connectivity index (χ4v) is 2.39. The first-order valence-electron chi connectivity index (χ1n) is 6.49. The summed E-state index contributed by atoms with van der Waals surface area (Å²) in [5.74, 6) is -1.21. The van der Waals surface area contributed by atoms with E-state index in [1.165, 1.54) is 11.0 Å². The van der Waals surface area contributed by atoms with Crippen molar-refractivity contribution >= 4 is 17.4 Å². The molecule has 0 aliphatic carbocycles. The second kappa shape index (κ2) is 4.76. The second-order valence-corrected chi connectivity index (χ2v) is 4.80. The van der Waals surface area contributed by atoms with Crippen molar-refractivity contribution in [3.8, 4) is 0 Å². The molecule has 1 aromatic carbocycles. The average Bonchev–Trinajstić information content (AvgIpc) is 2.98. The molecule has 0 saturated heterocycles. The highest BCUT2D eigenvalue weighted by Gasteiger charge is 2.38. The van der Waals surface area contributed by atoms with Crippen LogP contribution in [0, 0.1) is 12.7 Å². The number of ketones is 1. The topological polar surface area (TPSA) is 76.3 Å². The maximum absolute atomic E-state index is 13.4. The van der Waals surface area contributed by atoms with Crippen molar-refractivity contribution in [2.45, 2.75) is 26.8 Å². The van der Waals surface area contributed by atoms with Crippen LogP contribution in [0.1, 0.15) is 34.6 Å². The summed E-state index contributed by atoms with van der Waals surface area (Å²) in [6, 6.07) is 2.36. The van der Waals surface area contributed by atoms with E-state index in [1.54, 1.807) is 6.92 Å². The van der Waals surface area contributed by atoms with Crippen LogP contribution < -0.4 is 4.90 Å². The van der Waals surface area contributed by atoms with E-state index in [4.69, 9.17) is 4.52 Å². The number of hydrogen-bond donors (Lipinski definition) is 0. The van der Waals surface area contributed by atoms with Gasteiger partial charge in [0.2, 0.25) is 5.89 Å². The molecule has 0 bridgehead atoms. The van der Waals surface area contributed by atoms with Gasteiger partial charge in [0.1, 0.15) is 12.4 Å². The van der Waals surface area contributed by atoms with E-state index < -0.39 is 17.5 Å². The summed E-state index contributed by atoms with van der Waals surface area (Å²) in [6.45, 7) is 3.52. The number of Topliss-reactive ketones (excluding diaryl/α,β-unsaturated/α-hetero) is 1. The standard InChI is InChI=1S/C14H12FN3O3/c1-3-10-16-11(21-17-10)6-18-12-7(2)4-8(15)5-9(12)13(19)14(18)20/h4-5H,3,6H2,1-2H3. The summed E-state index contributed by atoms with van der Waals surface area (Å²) < 4.78 is 18.4. The van der Waals surface area contributed by atoms with Crippen LogP contribution in [0.2, 0.25) is 0 Å². The number of carbonyl (C=O) groups is 2. The minimum absolute atomic E-state index is 0.00293. The molecule has 1 amide bonds. The highest BCUT2D eigenvalue weighted by atomic mass is 19.1. The lowest BCUT2D eigenvalue weighted by Crippen LogP contribution is -2.29. The molecule has 0 fully saturated rings. The highest BCUT2D eigenvalue weighted by molar-refractivity contribution is 6.52. The van der Waals surface area contributed by atoms with Gasteiger partial charge in [-0.25, -0.2) is 4.39 Å². The third kappa shape index (κ3) is 2.10. The molecule has 21 heavy (non-hydrogen) atoms. The second-order valence-electron chi connectivity index (χ2n) is 4.80. The molecule has 1 aromatic heterocycles. The van der Waals surface area contributed by atoms with Gasteiger partial charge in [0.05, 0.1) is 11.3 Å². The van der Waals surface area contributed by atoms with Gasteiger partial charge >= 0.3 is 0 Å². The van der Waals surface area contributed by atoms with Crippen molar-refractivity contribution in [1.82, 2.24) is 10.1 Å². The summed E-state index contributed by atoms with van der Waals surface area (Å²) in [4.78, 5) is 29.4. The van der Waals surface area contributed by atoms with E-state index in [1.807, 2.05) is 6.92 Å². The Kier molecular flexibility index (Phi) is 3.04. The van der Waals surface area contributed by atoms with E-state index >= 15 is 0 Å². The van der Waals surface area contributed by atoms with E-state index in [2.05, 4.69) is 10.1 Å². The minimum atomic E-state index is -0.720. The Morgan fingerprint density at radius 1 is 1.33 bits per heavy atom. The van der Waals surface area contributed by atoms with Crippen molar-refractivity contribution in [2.24, 2.45) is 0 Å². The predicted octanol–water partition coefficient (Wildman–Crippen LogP) is 1.81. The Labute approximate surface area is 119 Å². The molecule has 108 valence electrons. The van der Waals surface area contributed by atoms with Gasteiger partial charge in [0.15, 0.2) is 5.82 Å². The maximum Gasteiger partial charge on any atom is 0.299 e. The van der Waals surface area contributed by atoms with Crippen LogP contribution in [0.25, 0.3) is 0 Å². The number of carbonyl (C=O) groups excluding carboxylic acids is 2. The van der Waals surface area contributed by atoms with Gasteiger partial charge in [-0.05, 0) is 24.6 Å². The van der Waals surface area contributed by atoms with Gasteiger partial charge in [-0.2, -0.15) is 4.98 Å². The van der Waals surface area contributed by atoms with Crippen molar-refractivity contribution in [3.63, 3.8) is 0 Å². The number of aryl methyl sites for hydroxylation is 2. The van der Waals surface area contributed by atoms with Crippen molar-refractivity contribution in [1.29, 1.82) is 0 Å². The normalized spacial score (nSPS) is 14.0. The smallest absolute Gasteiger partial charge is 0.299 e. The van der Waals surface area contributed by atoms with Gasteiger partial charge in [0.25, 0.3) is 11.7 Å². The van der Waals surface area contributed by atoms with Gasteiger partial charge in [-0.1, -0.05) is 12.1 Å². The molecule has 1 aliphatic rings.